The molecule has 3 N–H and O–H groups in total. The lowest BCUT2D eigenvalue weighted by Crippen LogP contribution is -2.52. The number of methoxy groups -OCH3 is 1. The van der Waals surface area contributed by atoms with Crippen LogP contribution in [0.2, 0.25) is 0 Å². The summed E-state index contributed by atoms with van der Waals surface area (Å²) in [5.41, 5.74) is 11.1. The Morgan fingerprint density at radius 2 is 1.48 bits per heavy atom. The van der Waals surface area contributed by atoms with Gasteiger partial charge in [-0.1, -0.05) is 63.5 Å². The number of aryl methyl sites for hydroxylation is 1. The minimum atomic E-state index is -0.707. The van der Waals surface area contributed by atoms with Gasteiger partial charge in [-0.25, -0.2) is 4.39 Å². The molecule has 326 valence electrons. The van der Waals surface area contributed by atoms with E-state index in [4.69, 9.17) is 15.2 Å². The van der Waals surface area contributed by atoms with Gasteiger partial charge in [0.15, 0.2) is 11.5 Å². The van der Waals surface area contributed by atoms with Crippen LogP contribution in [0.15, 0.2) is 42.5 Å². The minimum Gasteiger partial charge on any atom is -0.493 e. The SMILES string of the molecule is CCOc1cc(CN2C(=O)c3c(N)ccc(CCCCCCCCCCCCN4CCC(c5cc(F)cc6c5CN(C5CCC(=O)NC5=O)C6=O)CC4)c3C2=O)ccc1OC. The molecular weight excluding hydrogens is 778 g/mol. The van der Waals surface area contributed by atoms with Crippen LogP contribution in [0.25, 0.3) is 0 Å². The molecule has 0 bridgehead atoms. The lowest BCUT2D eigenvalue weighted by Gasteiger charge is -2.33. The van der Waals surface area contributed by atoms with E-state index in [0.29, 0.717) is 40.5 Å². The summed E-state index contributed by atoms with van der Waals surface area (Å²) in [6.07, 6.45) is 14.6. The van der Waals surface area contributed by atoms with Crippen LogP contribution in [0.1, 0.15) is 156 Å². The zero-order valence-electron chi connectivity index (χ0n) is 35.7. The molecule has 4 aliphatic heterocycles. The van der Waals surface area contributed by atoms with E-state index < -0.39 is 17.8 Å². The lowest BCUT2D eigenvalue weighted by atomic mass is 9.85. The second-order valence-electron chi connectivity index (χ2n) is 17.0. The molecule has 12 nitrogen and oxygen atoms in total. The van der Waals surface area contributed by atoms with Crippen LogP contribution in [-0.4, -0.2) is 83.6 Å². The number of anilines is 1. The maximum absolute atomic E-state index is 14.8. The number of likely N-dealkylation sites (tertiary alicyclic amines) is 1. The van der Waals surface area contributed by atoms with Crippen LogP contribution >= 0.6 is 0 Å². The Morgan fingerprint density at radius 3 is 2.16 bits per heavy atom. The van der Waals surface area contributed by atoms with Crippen LogP contribution < -0.4 is 20.5 Å². The molecule has 0 aliphatic carbocycles. The van der Waals surface area contributed by atoms with Gasteiger partial charge in [0, 0.05) is 24.2 Å². The number of nitrogens with zero attached hydrogens (tertiary/aromatic N) is 3. The Bertz CT molecular complexity index is 2130. The van der Waals surface area contributed by atoms with Crippen molar-refractivity contribution < 1.29 is 37.8 Å². The summed E-state index contributed by atoms with van der Waals surface area (Å²) in [6.45, 7) is 5.69. The van der Waals surface area contributed by atoms with Gasteiger partial charge in [0.25, 0.3) is 17.7 Å². The first-order valence-electron chi connectivity index (χ1n) is 22.3. The fourth-order valence-electron chi connectivity index (χ4n) is 9.67. The average Bonchev–Trinajstić information content (AvgIpc) is 3.70. The molecular formula is C48H60FN5O7. The van der Waals surface area contributed by atoms with Crippen molar-refractivity contribution in [3.63, 3.8) is 0 Å². The number of nitrogens with one attached hydrogen (secondary N) is 1. The zero-order chi connectivity index (χ0) is 43.0. The summed E-state index contributed by atoms with van der Waals surface area (Å²) in [5, 5.41) is 2.34. The first-order chi connectivity index (χ1) is 29.6. The Morgan fingerprint density at radius 1 is 0.787 bits per heavy atom. The van der Waals surface area contributed by atoms with E-state index in [0.717, 1.165) is 86.8 Å². The summed E-state index contributed by atoms with van der Waals surface area (Å²) >= 11 is 0. The molecule has 0 aromatic heterocycles. The molecule has 2 saturated heterocycles. The number of unbranched alkanes of at least 4 members (excludes halogenated alkanes) is 9. The predicted molar refractivity (Wildman–Crippen MR) is 230 cm³/mol. The first-order valence-corrected chi connectivity index (χ1v) is 22.3. The molecule has 0 saturated carbocycles. The van der Waals surface area contributed by atoms with Crippen LogP contribution in [0, 0.1) is 5.82 Å². The van der Waals surface area contributed by atoms with Crippen molar-refractivity contribution in [3.8, 4) is 11.5 Å². The van der Waals surface area contributed by atoms with E-state index in [1.54, 1.807) is 31.4 Å². The third-order valence-corrected chi connectivity index (χ3v) is 13.0. The van der Waals surface area contributed by atoms with Gasteiger partial charge < -0.3 is 25.0 Å². The summed E-state index contributed by atoms with van der Waals surface area (Å²) in [6, 6.07) is 11.2. The van der Waals surface area contributed by atoms with E-state index in [2.05, 4.69) is 10.2 Å². The number of piperidine rings is 2. The quantitative estimate of drug-likeness (QED) is 0.0663. The highest BCUT2D eigenvalue weighted by Gasteiger charge is 2.42. The molecule has 1 unspecified atom stereocenters. The van der Waals surface area contributed by atoms with E-state index in [9.17, 15) is 28.4 Å². The molecule has 4 heterocycles. The summed E-state index contributed by atoms with van der Waals surface area (Å²) < 4.78 is 25.9. The van der Waals surface area contributed by atoms with Gasteiger partial charge in [-0.15, -0.1) is 0 Å². The molecule has 13 heteroatoms. The Labute approximate surface area is 358 Å². The standard InChI is InChI=1S/C48H60FN5O7/c1-3-61-41-26-31(15-19-40(41)60-2)29-54-47(58)43-33(16-17-38(50)44(43)48(54)59)14-12-10-8-6-4-5-7-9-11-13-23-52-24-21-32(22-25-52)35-27-34(49)28-36-37(35)30-53(46(36)57)39-18-20-42(55)51-45(39)56/h15-17,19,26-28,32,39H,3-14,18,20-25,29-30,50H2,1-2H3,(H,51,55,56). The Hall–Kier alpha value is -5.30. The van der Waals surface area contributed by atoms with Crippen molar-refractivity contribution in [2.24, 2.45) is 0 Å². The first kappa shape index (κ1) is 43.8. The third kappa shape index (κ3) is 9.93. The van der Waals surface area contributed by atoms with Gasteiger partial charge >= 0.3 is 0 Å². The number of benzene rings is 3. The highest BCUT2D eigenvalue weighted by atomic mass is 19.1. The molecule has 0 spiro atoms. The van der Waals surface area contributed by atoms with Crippen molar-refractivity contribution >= 4 is 35.2 Å². The number of imide groups is 2. The van der Waals surface area contributed by atoms with Gasteiger partial charge in [0.05, 0.1) is 31.4 Å². The van der Waals surface area contributed by atoms with E-state index in [-0.39, 0.29) is 55.5 Å². The number of ether oxygens (including phenoxy) is 2. The largest absolute Gasteiger partial charge is 0.493 e. The molecule has 61 heavy (non-hydrogen) atoms. The number of nitrogen functional groups attached to an aromatic ring is 1. The monoisotopic (exact) mass is 837 g/mol. The number of carbonyl (C=O) groups is 5. The van der Waals surface area contributed by atoms with Crippen molar-refractivity contribution in [1.29, 1.82) is 0 Å². The summed E-state index contributed by atoms with van der Waals surface area (Å²) in [7, 11) is 1.57. The smallest absolute Gasteiger partial charge is 0.263 e. The van der Waals surface area contributed by atoms with Gasteiger partial charge in [0.2, 0.25) is 11.8 Å². The fourth-order valence-corrected chi connectivity index (χ4v) is 9.67. The maximum Gasteiger partial charge on any atom is 0.263 e. The second-order valence-corrected chi connectivity index (χ2v) is 17.0. The topological polar surface area (TPSA) is 152 Å². The Balaban J connectivity index is 0.761. The number of fused-ring (bicyclic) bond motifs is 2. The molecule has 0 radical (unpaired) electrons. The number of amides is 5. The number of halogens is 1. The van der Waals surface area contributed by atoms with Crippen LogP contribution in [0.4, 0.5) is 10.1 Å². The molecule has 7 rings (SSSR count). The van der Waals surface area contributed by atoms with Crippen molar-refractivity contribution in [2.75, 3.05) is 39.1 Å². The van der Waals surface area contributed by atoms with Crippen LogP contribution in [0.3, 0.4) is 0 Å². The average molecular weight is 838 g/mol. The highest BCUT2D eigenvalue weighted by molar-refractivity contribution is 6.24. The fraction of sp³-hybridized carbons (Fsp3) is 0.521. The number of rotatable bonds is 20. The van der Waals surface area contributed by atoms with Gasteiger partial charge in [-0.05, 0) is 124 Å². The predicted octanol–water partition coefficient (Wildman–Crippen LogP) is 7.70. The van der Waals surface area contributed by atoms with E-state index in [1.807, 2.05) is 19.1 Å². The summed E-state index contributed by atoms with van der Waals surface area (Å²) in [4.78, 5) is 69.8. The second kappa shape index (κ2) is 20.0. The highest BCUT2D eigenvalue weighted by Crippen LogP contribution is 2.38. The normalized spacial score (nSPS) is 18.2. The third-order valence-electron chi connectivity index (χ3n) is 13.0. The number of hydrogen-bond donors (Lipinski definition) is 2. The number of hydrogen-bond acceptors (Lipinski definition) is 9. The number of nitrogens with two attached hydrogens (primary N) is 1. The van der Waals surface area contributed by atoms with Crippen molar-refractivity contribution in [3.05, 3.63) is 87.2 Å². The Kier molecular flexibility index (Phi) is 14.4. The van der Waals surface area contributed by atoms with Crippen molar-refractivity contribution in [1.82, 2.24) is 20.0 Å². The van der Waals surface area contributed by atoms with Gasteiger partial charge in [0.1, 0.15) is 11.9 Å². The number of carbonyl (C=O) groups excluding carboxylic acids is 5. The zero-order valence-corrected chi connectivity index (χ0v) is 35.7. The van der Waals surface area contributed by atoms with E-state index >= 15 is 0 Å². The van der Waals surface area contributed by atoms with E-state index in [1.165, 1.54) is 54.4 Å². The molecule has 3 aromatic rings. The molecule has 1 atom stereocenters. The lowest BCUT2D eigenvalue weighted by molar-refractivity contribution is -0.136. The van der Waals surface area contributed by atoms with Crippen molar-refractivity contribution in [2.45, 2.75) is 128 Å². The summed E-state index contributed by atoms with van der Waals surface area (Å²) in [5.74, 6) is -0.856. The minimum absolute atomic E-state index is 0.124. The maximum atomic E-state index is 14.8. The van der Waals surface area contributed by atoms with Crippen LogP contribution in [0.5, 0.6) is 11.5 Å². The van der Waals surface area contributed by atoms with Gasteiger partial charge in [-0.3, -0.25) is 34.2 Å². The molecule has 2 fully saturated rings. The molecule has 4 aliphatic rings. The molecule has 5 amide bonds. The van der Waals surface area contributed by atoms with Crippen LogP contribution in [-0.2, 0) is 29.1 Å². The molecule has 3 aromatic carbocycles. The van der Waals surface area contributed by atoms with Gasteiger partial charge in [-0.2, -0.15) is 0 Å².